The number of fused-ring (bicyclic) bond motifs is 1. The number of piperidine rings is 1. The number of amides is 2. The van der Waals surface area contributed by atoms with E-state index in [1.54, 1.807) is 0 Å². The van der Waals surface area contributed by atoms with Gasteiger partial charge in [0, 0.05) is 6.08 Å². The Kier molecular flexibility index (Phi) is 4.41. The van der Waals surface area contributed by atoms with Crippen LogP contribution in [0, 0.1) is 5.92 Å². The second-order valence-electron chi connectivity index (χ2n) is 5.55. The summed E-state index contributed by atoms with van der Waals surface area (Å²) in [6.07, 6.45) is 1.92. The van der Waals surface area contributed by atoms with Crippen molar-refractivity contribution in [1.82, 2.24) is 5.32 Å². The predicted octanol–water partition coefficient (Wildman–Crippen LogP) is 1.36. The molecular weight excluding hydrogens is 298 g/mol. The van der Waals surface area contributed by atoms with Crippen LogP contribution in [0.3, 0.4) is 0 Å². The topological polar surface area (TPSA) is 81.7 Å². The van der Waals surface area contributed by atoms with Gasteiger partial charge in [0.05, 0.1) is 18.9 Å². The first-order chi connectivity index (χ1) is 11.1. The molecule has 0 bridgehead atoms. The summed E-state index contributed by atoms with van der Waals surface area (Å²) in [6.45, 7) is 0.480. The molecule has 2 atom stereocenters. The number of carbonyl (C=O) groups excluding carboxylic acids is 3. The van der Waals surface area contributed by atoms with Gasteiger partial charge in [-0.15, -0.1) is 0 Å². The fourth-order valence-electron chi connectivity index (χ4n) is 2.89. The molecule has 2 amide bonds. The standard InChI is InChI=1S/C17H17NO5/c19-14-10-13-16(17(21)18-14)11(9-15(20)23-13)5-4-8-22-12-6-2-1-3-7-12/h1-3,6-7,9,13,16H,4-5,8,10H2,(H,18,19,21). The third-order valence-corrected chi connectivity index (χ3v) is 3.90. The highest BCUT2D eigenvalue weighted by molar-refractivity contribution is 6.02. The largest absolute Gasteiger partial charge is 0.494 e. The zero-order valence-corrected chi connectivity index (χ0v) is 12.5. The Morgan fingerprint density at radius 1 is 1.17 bits per heavy atom. The minimum Gasteiger partial charge on any atom is -0.494 e. The molecule has 2 heterocycles. The van der Waals surface area contributed by atoms with Crippen molar-refractivity contribution in [2.24, 2.45) is 5.92 Å². The average molecular weight is 315 g/mol. The maximum Gasteiger partial charge on any atom is 0.331 e. The lowest BCUT2D eigenvalue weighted by Crippen LogP contribution is -2.52. The smallest absolute Gasteiger partial charge is 0.331 e. The Morgan fingerprint density at radius 2 is 1.96 bits per heavy atom. The summed E-state index contributed by atoms with van der Waals surface area (Å²) in [5, 5.41) is 2.30. The van der Waals surface area contributed by atoms with Gasteiger partial charge in [0.1, 0.15) is 11.9 Å². The van der Waals surface area contributed by atoms with E-state index < -0.39 is 29.8 Å². The first-order valence-corrected chi connectivity index (χ1v) is 7.56. The van der Waals surface area contributed by atoms with Gasteiger partial charge in [-0.1, -0.05) is 18.2 Å². The van der Waals surface area contributed by atoms with Crippen LogP contribution in [0.15, 0.2) is 42.0 Å². The maximum absolute atomic E-state index is 12.0. The highest BCUT2D eigenvalue weighted by Crippen LogP contribution is 2.31. The fraction of sp³-hybridized carbons (Fsp3) is 0.353. The normalized spacial score (nSPS) is 23.5. The van der Waals surface area contributed by atoms with Gasteiger partial charge in [-0.3, -0.25) is 14.9 Å². The van der Waals surface area contributed by atoms with E-state index in [2.05, 4.69) is 5.32 Å². The van der Waals surface area contributed by atoms with E-state index in [4.69, 9.17) is 9.47 Å². The number of esters is 1. The van der Waals surface area contributed by atoms with Gasteiger partial charge in [0.15, 0.2) is 0 Å². The van der Waals surface area contributed by atoms with E-state index in [0.29, 0.717) is 25.0 Å². The van der Waals surface area contributed by atoms with Gasteiger partial charge in [-0.25, -0.2) is 4.79 Å². The van der Waals surface area contributed by atoms with Gasteiger partial charge in [-0.2, -0.15) is 0 Å². The van der Waals surface area contributed by atoms with E-state index in [0.717, 1.165) is 5.75 Å². The molecule has 1 saturated heterocycles. The van der Waals surface area contributed by atoms with E-state index in [-0.39, 0.29) is 6.42 Å². The Morgan fingerprint density at radius 3 is 2.74 bits per heavy atom. The highest BCUT2D eigenvalue weighted by atomic mass is 16.5. The fourth-order valence-corrected chi connectivity index (χ4v) is 2.89. The van der Waals surface area contributed by atoms with Crippen molar-refractivity contribution < 1.29 is 23.9 Å². The van der Waals surface area contributed by atoms with Crippen LogP contribution >= 0.6 is 0 Å². The van der Waals surface area contributed by atoms with Crippen LogP contribution in [0.1, 0.15) is 19.3 Å². The average Bonchev–Trinajstić information content (AvgIpc) is 2.51. The molecule has 0 radical (unpaired) electrons. The molecule has 0 aromatic heterocycles. The third-order valence-electron chi connectivity index (χ3n) is 3.90. The monoisotopic (exact) mass is 315 g/mol. The van der Waals surface area contributed by atoms with E-state index >= 15 is 0 Å². The number of rotatable bonds is 5. The maximum atomic E-state index is 12.0. The Balaban J connectivity index is 1.58. The Hall–Kier alpha value is -2.63. The van der Waals surface area contributed by atoms with Crippen LogP contribution in [0.4, 0.5) is 0 Å². The number of nitrogens with one attached hydrogen (secondary N) is 1. The third kappa shape index (κ3) is 3.59. The van der Waals surface area contributed by atoms with Crippen molar-refractivity contribution in [3.8, 4) is 5.75 Å². The van der Waals surface area contributed by atoms with Crippen molar-refractivity contribution in [2.45, 2.75) is 25.4 Å². The molecule has 6 heteroatoms. The lowest BCUT2D eigenvalue weighted by atomic mass is 9.83. The van der Waals surface area contributed by atoms with Crippen LogP contribution in [-0.2, 0) is 19.1 Å². The minimum atomic E-state index is -0.682. The highest BCUT2D eigenvalue weighted by Gasteiger charge is 2.42. The van der Waals surface area contributed by atoms with Gasteiger partial charge in [0.2, 0.25) is 11.8 Å². The van der Waals surface area contributed by atoms with E-state index in [1.165, 1.54) is 6.08 Å². The SMILES string of the molecule is O=C1CC2OC(=O)C=C(CCCOc3ccccc3)C2C(=O)N1. The van der Waals surface area contributed by atoms with Gasteiger partial charge < -0.3 is 9.47 Å². The molecule has 120 valence electrons. The van der Waals surface area contributed by atoms with Crippen LogP contribution < -0.4 is 10.1 Å². The summed E-state index contributed by atoms with van der Waals surface area (Å²) >= 11 is 0. The molecule has 2 unspecified atom stereocenters. The quantitative estimate of drug-likeness (QED) is 0.504. The molecule has 0 spiro atoms. The van der Waals surface area contributed by atoms with Crippen LogP contribution in [0.5, 0.6) is 5.75 Å². The predicted molar refractivity (Wildman–Crippen MR) is 80.4 cm³/mol. The number of ether oxygens (including phenoxy) is 2. The molecule has 1 N–H and O–H groups in total. The van der Waals surface area contributed by atoms with Crippen molar-refractivity contribution in [3.05, 3.63) is 42.0 Å². The molecule has 3 rings (SSSR count). The summed E-state index contributed by atoms with van der Waals surface area (Å²) in [5.41, 5.74) is 0.702. The zero-order valence-electron chi connectivity index (χ0n) is 12.5. The van der Waals surface area contributed by atoms with Crippen molar-refractivity contribution >= 4 is 17.8 Å². The number of para-hydroxylation sites is 1. The molecule has 2 aliphatic heterocycles. The first-order valence-electron chi connectivity index (χ1n) is 7.56. The second kappa shape index (κ2) is 6.64. The molecule has 1 fully saturated rings. The van der Waals surface area contributed by atoms with Crippen LogP contribution in [0.25, 0.3) is 0 Å². The van der Waals surface area contributed by atoms with Crippen LogP contribution in [-0.4, -0.2) is 30.5 Å². The van der Waals surface area contributed by atoms with Crippen molar-refractivity contribution in [2.75, 3.05) is 6.61 Å². The van der Waals surface area contributed by atoms with Gasteiger partial charge in [0.25, 0.3) is 0 Å². The molecule has 23 heavy (non-hydrogen) atoms. The molecule has 0 saturated carbocycles. The summed E-state index contributed by atoms with van der Waals surface area (Å²) in [7, 11) is 0. The molecule has 1 aromatic carbocycles. The van der Waals surface area contributed by atoms with E-state index in [9.17, 15) is 14.4 Å². The molecular formula is C17H17NO5. The van der Waals surface area contributed by atoms with Crippen LogP contribution in [0.2, 0.25) is 0 Å². The summed E-state index contributed by atoms with van der Waals surface area (Å²) in [5.74, 6) is -1.08. The molecule has 2 aliphatic rings. The van der Waals surface area contributed by atoms with E-state index in [1.807, 2.05) is 30.3 Å². The first kappa shape index (κ1) is 15.3. The number of carbonyl (C=O) groups is 3. The summed E-state index contributed by atoms with van der Waals surface area (Å²) in [4.78, 5) is 35.0. The number of hydrogen-bond donors (Lipinski definition) is 1. The summed E-state index contributed by atoms with van der Waals surface area (Å²) in [6, 6.07) is 9.43. The second-order valence-corrected chi connectivity index (χ2v) is 5.55. The van der Waals surface area contributed by atoms with Gasteiger partial charge >= 0.3 is 5.97 Å². The number of imide groups is 1. The zero-order chi connectivity index (χ0) is 16.2. The molecule has 1 aromatic rings. The van der Waals surface area contributed by atoms with Crippen molar-refractivity contribution in [3.63, 3.8) is 0 Å². The minimum absolute atomic E-state index is 0.0278. The van der Waals surface area contributed by atoms with Gasteiger partial charge in [-0.05, 0) is 30.5 Å². The Bertz CT molecular complexity index is 652. The molecule has 6 nitrogen and oxygen atoms in total. The Labute approximate surface area is 133 Å². The van der Waals surface area contributed by atoms with Crippen molar-refractivity contribution in [1.29, 1.82) is 0 Å². The lowest BCUT2D eigenvalue weighted by Gasteiger charge is -2.34. The lowest BCUT2D eigenvalue weighted by molar-refractivity contribution is -0.155. The summed E-state index contributed by atoms with van der Waals surface area (Å²) < 4.78 is 10.7. The number of hydrogen-bond acceptors (Lipinski definition) is 5. The number of benzene rings is 1. The molecule has 0 aliphatic carbocycles.